The first-order chi connectivity index (χ1) is 15.2. The minimum Gasteiger partial charge on any atom is -0.313 e. The number of hydrogen-bond acceptors (Lipinski definition) is 4. The molecule has 0 aliphatic carbocycles. The number of oxime groups is 1. The fraction of sp³-hybridized carbons (Fsp3) is 0.0870. The Morgan fingerprint density at radius 2 is 1.88 bits per heavy atom. The molecule has 0 saturated carbocycles. The van der Waals surface area contributed by atoms with E-state index in [9.17, 15) is 18.0 Å². The van der Waals surface area contributed by atoms with E-state index in [0.717, 1.165) is 23.3 Å². The average molecular weight is 458 g/mol. The van der Waals surface area contributed by atoms with Gasteiger partial charge in [-0.3, -0.25) is 4.40 Å². The zero-order valence-corrected chi connectivity index (χ0v) is 17.4. The maximum Gasteiger partial charge on any atom is 0.416 e. The molecule has 2 heterocycles. The molecule has 162 valence electrons. The first-order valence-corrected chi connectivity index (χ1v) is 9.77. The Hall–Kier alpha value is -3.65. The number of carbonyl (C=O) groups is 1. The molecule has 0 bridgehead atoms. The van der Waals surface area contributed by atoms with Gasteiger partial charge in [-0.2, -0.15) is 13.2 Å². The van der Waals surface area contributed by atoms with Crippen molar-refractivity contribution in [2.45, 2.75) is 13.1 Å². The molecule has 0 aliphatic rings. The molecule has 0 fully saturated rings. The zero-order chi connectivity index (χ0) is 22.9. The fourth-order valence-corrected chi connectivity index (χ4v) is 3.29. The number of fused-ring (bicyclic) bond motifs is 1. The van der Waals surface area contributed by atoms with Crippen molar-refractivity contribution in [3.05, 3.63) is 94.3 Å². The smallest absolute Gasteiger partial charge is 0.313 e. The van der Waals surface area contributed by atoms with Gasteiger partial charge in [-0.15, -0.1) is 0 Å². The lowest BCUT2D eigenvalue weighted by Crippen LogP contribution is -2.08. The van der Waals surface area contributed by atoms with Crippen LogP contribution in [0.1, 0.15) is 27.2 Å². The molecule has 5 nitrogen and oxygen atoms in total. The van der Waals surface area contributed by atoms with E-state index in [1.54, 1.807) is 34.9 Å². The van der Waals surface area contributed by atoms with Crippen LogP contribution in [-0.2, 0) is 11.0 Å². The zero-order valence-electron chi connectivity index (χ0n) is 16.6. The van der Waals surface area contributed by atoms with Crippen molar-refractivity contribution in [3.8, 4) is 11.3 Å². The predicted octanol–water partition coefficient (Wildman–Crippen LogP) is 6.17. The highest BCUT2D eigenvalue weighted by Gasteiger charge is 2.31. The minimum atomic E-state index is -4.57. The number of aromatic nitrogens is 2. The highest BCUT2D eigenvalue weighted by Crippen LogP contribution is 2.30. The summed E-state index contributed by atoms with van der Waals surface area (Å²) in [5, 5.41) is 4.29. The molecule has 0 saturated heterocycles. The second kappa shape index (κ2) is 8.47. The van der Waals surface area contributed by atoms with Gasteiger partial charge in [0.2, 0.25) is 0 Å². The lowest BCUT2D eigenvalue weighted by molar-refractivity contribution is -0.137. The number of imidazole rings is 1. The number of halogens is 4. The molecule has 4 aromatic rings. The summed E-state index contributed by atoms with van der Waals surface area (Å²) in [5.41, 5.74) is 2.27. The van der Waals surface area contributed by atoms with E-state index in [-0.39, 0.29) is 5.56 Å². The Morgan fingerprint density at radius 3 is 2.59 bits per heavy atom. The summed E-state index contributed by atoms with van der Waals surface area (Å²) in [4.78, 5) is 21.8. The van der Waals surface area contributed by atoms with Crippen LogP contribution in [0.3, 0.4) is 0 Å². The number of aryl methyl sites for hydroxylation is 1. The summed E-state index contributed by atoms with van der Waals surface area (Å²) >= 11 is 5.98. The molecular formula is C23H15ClF3N3O2. The average Bonchev–Trinajstić information content (AvgIpc) is 3.14. The summed E-state index contributed by atoms with van der Waals surface area (Å²) in [6.45, 7) is 1.91. The highest BCUT2D eigenvalue weighted by atomic mass is 35.5. The van der Waals surface area contributed by atoms with Crippen molar-refractivity contribution >= 4 is 29.4 Å². The van der Waals surface area contributed by atoms with Crippen LogP contribution < -0.4 is 0 Å². The van der Waals surface area contributed by atoms with Crippen LogP contribution in [0.15, 0.2) is 72.0 Å². The molecule has 0 aliphatic heterocycles. The number of pyridine rings is 1. The Kier molecular flexibility index (Phi) is 5.71. The fourth-order valence-electron chi connectivity index (χ4n) is 3.17. The van der Waals surface area contributed by atoms with Crippen molar-refractivity contribution in [3.63, 3.8) is 0 Å². The molecule has 2 aromatic heterocycles. The summed E-state index contributed by atoms with van der Waals surface area (Å²) in [5.74, 6) is -1.01. The van der Waals surface area contributed by atoms with E-state index in [2.05, 4.69) is 10.1 Å². The molecule has 2 aromatic carbocycles. The van der Waals surface area contributed by atoms with Crippen LogP contribution >= 0.6 is 11.6 Å². The SMILES string of the molecule is Cc1cccn2c(/C=N\OC(=O)c3cccc(C(F)(F)F)c3)c(-c3ccc(Cl)cc3)nc12. The van der Waals surface area contributed by atoms with E-state index in [1.807, 2.05) is 19.1 Å². The number of nitrogens with zero attached hydrogens (tertiary/aromatic N) is 3. The molecule has 32 heavy (non-hydrogen) atoms. The normalized spacial score (nSPS) is 11.9. The largest absolute Gasteiger partial charge is 0.416 e. The third kappa shape index (κ3) is 4.36. The van der Waals surface area contributed by atoms with Gasteiger partial charge in [-0.05, 0) is 48.9 Å². The highest BCUT2D eigenvalue weighted by molar-refractivity contribution is 6.30. The summed E-state index contributed by atoms with van der Waals surface area (Å²) in [6, 6.07) is 14.7. The van der Waals surface area contributed by atoms with E-state index in [0.29, 0.717) is 28.1 Å². The van der Waals surface area contributed by atoms with Gasteiger partial charge in [0.1, 0.15) is 5.65 Å². The predicted molar refractivity (Wildman–Crippen MR) is 115 cm³/mol. The van der Waals surface area contributed by atoms with E-state index < -0.39 is 17.7 Å². The number of benzene rings is 2. The molecule has 0 N–H and O–H groups in total. The topological polar surface area (TPSA) is 56.0 Å². The lowest BCUT2D eigenvalue weighted by Gasteiger charge is -2.07. The van der Waals surface area contributed by atoms with Crippen LogP contribution in [0.5, 0.6) is 0 Å². The maximum absolute atomic E-state index is 12.9. The van der Waals surface area contributed by atoms with Gasteiger partial charge in [0.25, 0.3) is 0 Å². The molecule has 0 radical (unpaired) electrons. The molecule has 4 rings (SSSR count). The van der Waals surface area contributed by atoms with Gasteiger partial charge in [0, 0.05) is 16.8 Å². The van der Waals surface area contributed by atoms with E-state index in [1.165, 1.54) is 12.3 Å². The number of hydrogen-bond donors (Lipinski definition) is 0. The second-order valence-corrected chi connectivity index (χ2v) is 7.37. The van der Waals surface area contributed by atoms with Crippen molar-refractivity contribution < 1.29 is 22.8 Å². The third-order valence-corrected chi connectivity index (χ3v) is 4.99. The monoisotopic (exact) mass is 457 g/mol. The standard InChI is InChI=1S/C23H15ClF3N3O2/c1-14-4-3-11-30-19(20(29-21(14)30)15-7-9-18(24)10-8-15)13-28-32-22(31)16-5-2-6-17(12-16)23(25,26)27/h2-13H,1H3/b28-13-. The van der Waals surface area contributed by atoms with Gasteiger partial charge in [0.05, 0.1) is 28.7 Å². The quantitative estimate of drug-likeness (QED) is 0.209. The maximum atomic E-state index is 12.9. The van der Waals surface area contributed by atoms with Crippen LogP contribution in [0, 0.1) is 6.92 Å². The van der Waals surface area contributed by atoms with Crippen LogP contribution in [0.25, 0.3) is 16.9 Å². The van der Waals surface area contributed by atoms with Gasteiger partial charge in [-0.1, -0.05) is 41.0 Å². The number of alkyl halides is 3. The van der Waals surface area contributed by atoms with Crippen molar-refractivity contribution in [2.75, 3.05) is 0 Å². The first-order valence-electron chi connectivity index (χ1n) is 9.39. The van der Waals surface area contributed by atoms with Crippen molar-refractivity contribution in [1.29, 1.82) is 0 Å². The Morgan fingerprint density at radius 1 is 1.12 bits per heavy atom. The van der Waals surface area contributed by atoms with E-state index in [4.69, 9.17) is 16.4 Å². The summed E-state index contributed by atoms with van der Waals surface area (Å²) in [7, 11) is 0. The number of rotatable bonds is 4. The van der Waals surface area contributed by atoms with Gasteiger partial charge >= 0.3 is 12.1 Å². The lowest BCUT2D eigenvalue weighted by atomic mass is 10.1. The Labute approximate surface area is 185 Å². The Balaban J connectivity index is 1.67. The Bertz CT molecular complexity index is 1330. The molecule has 0 unspecified atom stereocenters. The van der Waals surface area contributed by atoms with E-state index >= 15 is 0 Å². The molecule has 0 amide bonds. The summed E-state index contributed by atoms with van der Waals surface area (Å²) in [6.07, 6.45) is -1.49. The van der Waals surface area contributed by atoms with Gasteiger partial charge in [-0.25, -0.2) is 9.78 Å². The summed E-state index contributed by atoms with van der Waals surface area (Å²) < 4.78 is 40.4. The molecular weight excluding hydrogens is 443 g/mol. The van der Waals surface area contributed by atoms with Gasteiger partial charge < -0.3 is 4.84 Å². The molecule has 0 spiro atoms. The van der Waals surface area contributed by atoms with Crippen LogP contribution in [-0.4, -0.2) is 21.6 Å². The van der Waals surface area contributed by atoms with Crippen molar-refractivity contribution in [1.82, 2.24) is 9.38 Å². The van der Waals surface area contributed by atoms with Gasteiger partial charge in [0.15, 0.2) is 0 Å². The first kappa shape index (κ1) is 21.6. The second-order valence-electron chi connectivity index (χ2n) is 6.93. The third-order valence-electron chi connectivity index (χ3n) is 4.74. The van der Waals surface area contributed by atoms with Crippen LogP contribution in [0.2, 0.25) is 5.02 Å². The van der Waals surface area contributed by atoms with Crippen LogP contribution in [0.4, 0.5) is 13.2 Å². The number of carbonyl (C=O) groups excluding carboxylic acids is 1. The molecule has 9 heteroatoms. The van der Waals surface area contributed by atoms with Crippen molar-refractivity contribution in [2.24, 2.45) is 5.16 Å². The molecule has 0 atom stereocenters. The minimum absolute atomic E-state index is 0.260.